The molecule has 0 radical (unpaired) electrons. The Bertz CT molecular complexity index is 45.6. The zero-order valence-electron chi connectivity index (χ0n) is 2.88. The first kappa shape index (κ1) is 5.09. The van der Waals surface area contributed by atoms with Crippen molar-refractivity contribution in [2.45, 2.75) is 6.92 Å². The smallest absolute Gasteiger partial charge is 0.212 e. The summed E-state index contributed by atoms with van der Waals surface area (Å²) in [6.45, 7) is 1.54. The Morgan fingerprint density at radius 3 is 2.20 bits per heavy atom. The highest BCUT2D eigenvalue weighted by Crippen LogP contribution is 1.93. The second-order valence-electron chi connectivity index (χ2n) is 0.561. The molecular formula is C2H5O2P. The lowest BCUT2D eigenvalue weighted by molar-refractivity contribution is -0.167. The minimum Gasteiger partial charge on any atom is -0.603 e. The van der Waals surface area contributed by atoms with Crippen LogP contribution in [0.4, 0.5) is 0 Å². The molecule has 0 aliphatic carbocycles. The lowest BCUT2D eigenvalue weighted by atomic mass is 11.0. The Labute approximate surface area is 31.6 Å². The van der Waals surface area contributed by atoms with E-state index in [9.17, 15) is 4.89 Å². The molecule has 0 rings (SSSR count). The molecule has 1 N–H and O–H groups in total. The maximum atomic E-state index is 9.46. The van der Waals surface area contributed by atoms with E-state index < -0.39 is 8.00 Å². The first-order chi connectivity index (χ1) is 2.27. The summed E-state index contributed by atoms with van der Waals surface area (Å²) in [6, 6.07) is 0. The fourth-order valence-electron chi connectivity index (χ4n) is 0. The topological polar surface area (TPSA) is 43.3 Å². The summed E-state index contributed by atoms with van der Waals surface area (Å²) in [4.78, 5) is 17.3. The largest absolute Gasteiger partial charge is 0.603 e. The molecule has 0 aliphatic heterocycles. The van der Waals surface area contributed by atoms with E-state index >= 15 is 0 Å². The molecule has 0 aromatic carbocycles. The van der Waals surface area contributed by atoms with Crippen LogP contribution in [0.5, 0.6) is 0 Å². The number of hydrogen-bond donors (Lipinski definition) is 1. The monoisotopic (exact) mass is 92.0 g/mol. The lowest BCUT2D eigenvalue weighted by Crippen LogP contribution is -1.83. The Morgan fingerprint density at radius 1 is 2.00 bits per heavy atom. The van der Waals surface area contributed by atoms with Crippen molar-refractivity contribution >= 4 is 13.8 Å². The van der Waals surface area contributed by atoms with Gasteiger partial charge in [-0.2, -0.15) is 4.89 Å². The van der Waals surface area contributed by atoms with Crippen molar-refractivity contribution in [3.05, 3.63) is 0 Å². The minimum atomic E-state index is -1.97. The van der Waals surface area contributed by atoms with Gasteiger partial charge >= 0.3 is 0 Å². The predicted octanol–water partition coefficient (Wildman–Crippen LogP) is -0.527. The number of hydrogen-bond acceptors (Lipinski definition) is 2. The maximum absolute atomic E-state index is 9.46. The van der Waals surface area contributed by atoms with E-state index in [1.165, 1.54) is 5.80 Å². The molecule has 0 saturated heterocycles. The van der Waals surface area contributed by atoms with E-state index in [-0.39, 0.29) is 0 Å². The highest BCUT2D eigenvalue weighted by Gasteiger charge is 1.69. The van der Waals surface area contributed by atoms with Crippen LogP contribution in [-0.4, -0.2) is 10.7 Å². The fourth-order valence-corrected chi connectivity index (χ4v) is 0. The summed E-state index contributed by atoms with van der Waals surface area (Å²) >= 11 is 0. The van der Waals surface area contributed by atoms with Gasteiger partial charge in [-0.15, -0.1) is 0 Å². The summed E-state index contributed by atoms with van der Waals surface area (Å²) in [5, 5.41) is 0. The average Bonchev–Trinajstić information content (AvgIpc) is 1.38. The first-order valence-corrected chi connectivity index (χ1v) is 2.50. The Morgan fingerprint density at radius 2 is 2.20 bits per heavy atom. The van der Waals surface area contributed by atoms with Gasteiger partial charge in [0.15, 0.2) is 0 Å². The van der Waals surface area contributed by atoms with Crippen LogP contribution in [0.15, 0.2) is 0 Å². The summed E-state index contributed by atoms with van der Waals surface area (Å²) in [6.07, 6.45) is 0. The van der Waals surface area contributed by atoms with E-state index in [1.54, 1.807) is 6.92 Å². The van der Waals surface area contributed by atoms with Crippen molar-refractivity contribution in [3.8, 4) is 0 Å². The fraction of sp³-hybridized carbons (Fsp3) is 0.500. The van der Waals surface area contributed by atoms with Crippen LogP contribution in [-0.2, 0) is 0 Å². The van der Waals surface area contributed by atoms with Gasteiger partial charge in [-0.1, -0.05) is 0 Å². The van der Waals surface area contributed by atoms with Gasteiger partial charge in [-0.05, 0) is 6.92 Å². The van der Waals surface area contributed by atoms with Crippen molar-refractivity contribution in [2.75, 3.05) is 0 Å². The van der Waals surface area contributed by atoms with Gasteiger partial charge in [-0.3, -0.25) is 0 Å². The molecule has 3 heteroatoms. The van der Waals surface area contributed by atoms with E-state index in [1.807, 2.05) is 0 Å². The second kappa shape index (κ2) is 2.33. The zero-order chi connectivity index (χ0) is 4.28. The average molecular weight is 92.0 g/mol. The standard InChI is InChI=1S/C2H5O2P/c1-2-5(3)4/h2H,1H3,(H,3,4). The third-order valence-electron chi connectivity index (χ3n) is 0.221. The Kier molecular flexibility index (Phi) is 2.38. The van der Waals surface area contributed by atoms with Gasteiger partial charge in [0.25, 0.3) is 0 Å². The summed E-state index contributed by atoms with van der Waals surface area (Å²) in [5.74, 6) is 1.23. The van der Waals surface area contributed by atoms with E-state index in [0.29, 0.717) is 0 Å². The molecule has 0 bridgehead atoms. The molecule has 0 amide bonds. The van der Waals surface area contributed by atoms with Crippen LogP contribution < -0.4 is 4.89 Å². The zero-order valence-corrected chi connectivity index (χ0v) is 3.77. The van der Waals surface area contributed by atoms with Crippen LogP contribution in [0.2, 0.25) is 0 Å². The Balaban J connectivity index is 3.14. The maximum Gasteiger partial charge on any atom is 0.212 e. The normalized spacial score (nSPS) is 12.2. The minimum absolute atomic E-state index is 1.23. The van der Waals surface area contributed by atoms with Crippen LogP contribution in [0.25, 0.3) is 0 Å². The SMILES string of the molecule is CC=[P+]([O-])O. The first-order valence-electron chi connectivity index (χ1n) is 1.22. The van der Waals surface area contributed by atoms with Crippen molar-refractivity contribution < 1.29 is 9.79 Å². The van der Waals surface area contributed by atoms with Gasteiger partial charge in [0, 0.05) is 0 Å². The van der Waals surface area contributed by atoms with E-state index in [2.05, 4.69) is 0 Å². The molecule has 0 aromatic heterocycles. The molecule has 1 unspecified atom stereocenters. The third kappa shape index (κ3) is 4.09. The van der Waals surface area contributed by atoms with Crippen molar-refractivity contribution in [2.24, 2.45) is 0 Å². The predicted molar refractivity (Wildman–Crippen MR) is 20.9 cm³/mol. The summed E-state index contributed by atoms with van der Waals surface area (Å²) in [7, 11) is -1.97. The molecule has 0 spiro atoms. The second-order valence-corrected chi connectivity index (χ2v) is 1.68. The quantitative estimate of drug-likeness (QED) is 0.408. The van der Waals surface area contributed by atoms with Crippen LogP contribution in [0.3, 0.4) is 0 Å². The van der Waals surface area contributed by atoms with Crippen LogP contribution in [0, 0.1) is 0 Å². The van der Waals surface area contributed by atoms with Gasteiger partial charge in [0.05, 0.1) is 0 Å². The van der Waals surface area contributed by atoms with Crippen molar-refractivity contribution in [1.82, 2.24) is 0 Å². The number of rotatable bonds is 0. The molecule has 30 valence electrons. The highest BCUT2D eigenvalue weighted by atomic mass is 31.1. The lowest BCUT2D eigenvalue weighted by Gasteiger charge is -1.73. The van der Waals surface area contributed by atoms with Gasteiger partial charge in [-0.25, -0.2) is 0 Å². The molecule has 0 saturated carbocycles. The molecule has 0 aromatic rings. The van der Waals surface area contributed by atoms with Gasteiger partial charge < -0.3 is 4.89 Å². The van der Waals surface area contributed by atoms with Gasteiger partial charge in [0.2, 0.25) is 8.00 Å². The summed E-state index contributed by atoms with van der Waals surface area (Å²) < 4.78 is 0. The van der Waals surface area contributed by atoms with Crippen molar-refractivity contribution in [1.29, 1.82) is 0 Å². The Hall–Kier alpha value is 0.0900. The van der Waals surface area contributed by atoms with Crippen LogP contribution in [0.1, 0.15) is 6.92 Å². The molecule has 0 aliphatic rings. The molecule has 0 fully saturated rings. The molecule has 1 atom stereocenters. The highest BCUT2D eigenvalue weighted by molar-refractivity contribution is 7.43. The van der Waals surface area contributed by atoms with Crippen LogP contribution >= 0.6 is 8.00 Å². The summed E-state index contributed by atoms with van der Waals surface area (Å²) in [5.41, 5.74) is 0. The van der Waals surface area contributed by atoms with Gasteiger partial charge in [0.1, 0.15) is 5.80 Å². The molecule has 0 heterocycles. The molecule has 5 heavy (non-hydrogen) atoms. The molecule has 2 nitrogen and oxygen atoms in total. The molecular weight excluding hydrogens is 87.0 g/mol. The van der Waals surface area contributed by atoms with E-state index in [0.717, 1.165) is 0 Å². The third-order valence-corrected chi connectivity index (χ3v) is 0.663. The van der Waals surface area contributed by atoms with E-state index in [4.69, 9.17) is 4.89 Å². The van der Waals surface area contributed by atoms with Crippen molar-refractivity contribution in [3.63, 3.8) is 0 Å².